The Morgan fingerprint density at radius 3 is 2.52 bits per heavy atom. The normalized spacial score (nSPS) is 15.5. The van der Waals surface area contributed by atoms with Crippen molar-refractivity contribution in [2.45, 2.75) is 39.3 Å². The summed E-state index contributed by atoms with van der Waals surface area (Å²) in [4.78, 5) is 6.84. The molecular formula is C19H33IN4O. The van der Waals surface area contributed by atoms with Crippen molar-refractivity contribution in [2.75, 3.05) is 39.9 Å². The number of rotatable bonds is 8. The lowest BCUT2D eigenvalue weighted by atomic mass is 10.0. The fourth-order valence-electron chi connectivity index (χ4n) is 3.03. The van der Waals surface area contributed by atoms with Gasteiger partial charge in [-0.25, -0.2) is 0 Å². The Morgan fingerprint density at radius 2 is 1.84 bits per heavy atom. The van der Waals surface area contributed by atoms with Crippen molar-refractivity contribution in [3.63, 3.8) is 0 Å². The van der Waals surface area contributed by atoms with Gasteiger partial charge in [0.2, 0.25) is 0 Å². The summed E-state index contributed by atoms with van der Waals surface area (Å²) >= 11 is 0. The van der Waals surface area contributed by atoms with E-state index >= 15 is 0 Å². The van der Waals surface area contributed by atoms with Crippen LogP contribution in [0, 0.1) is 0 Å². The first-order valence-corrected chi connectivity index (χ1v) is 9.15. The van der Waals surface area contributed by atoms with E-state index in [0.29, 0.717) is 6.61 Å². The molecule has 2 N–H and O–H groups in total. The average molecular weight is 460 g/mol. The number of hydrogen-bond acceptors (Lipinski definition) is 3. The predicted octanol–water partition coefficient (Wildman–Crippen LogP) is 2.99. The van der Waals surface area contributed by atoms with E-state index in [0.717, 1.165) is 32.2 Å². The number of halogens is 1. The third kappa shape index (κ3) is 8.37. The first-order valence-electron chi connectivity index (χ1n) is 9.15. The number of likely N-dealkylation sites (tertiary alicyclic amines) is 1. The van der Waals surface area contributed by atoms with Crippen LogP contribution < -0.4 is 10.6 Å². The van der Waals surface area contributed by atoms with Crippen LogP contribution in [0.2, 0.25) is 0 Å². The van der Waals surface area contributed by atoms with E-state index in [1.807, 2.05) is 6.92 Å². The molecule has 1 aromatic carbocycles. The van der Waals surface area contributed by atoms with Crippen LogP contribution in [0.5, 0.6) is 0 Å². The van der Waals surface area contributed by atoms with Crippen LogP contribution in [0.4, 0.5) is 0 Å². The zero-order chi connectivity index (χ0) is 17.0. The summed E-state index contributed by atoms with van der Waals surface area (Å²) in [6, 6.07) is 8.70. The molecule has 0 atom stereocenters. The molecule has 1 aliphatic rings. The molecule has 2 rings (SSSR count). The number of aliphatic imine (C=N–C) groups is 1. The first-order chi connectivity index (χ1) is 11.8. The predicted molar refractivity (Wildman–Crippen MR) is 116 cm³/mol. The summed E-state index contributed by atoms with van der Waals surface area (Å²) in [5.41, 5.74) is 2.76. The number of benzene rings is 1. The summed E-state index contributed by atoms with van der Waals surface area (Å²) in [5, 5.41) is 6.68. The second kappa shape index (κ2) is 13.4. The molecule has 0 unspecified atom stereocenters. The molecule has 1 heterocycles. The molecule has 1 aromatic rings. The van der Waals surface area contributed by atoms with Gasteiger partial charge >= 0.3 is 0 Å². The van der Waals surface area contributed by atoms with Crippen LogP contribution in [0.25, 0.3) is 0 Å². The average Bonchev–Trinajstić information content (AvgIpc) is 2.63. The van der Waals surface area contributed by atoms with E-state index in [-0.39, 0.29) is 24.0 Å². The molecule has 25 heavy (non-hydrogen) atoms. The fraction of sp³-hybridized carbons (Fsp3) is 0.632. The highest BCUT2D eigenvalue weighted by atomic mass is 127. The number of nitrogens with zero attached hydrogens (tertiary/aromatic N) is 2. The first kappa shape index (κ1) is 22.2. The Morgan fingerprint density at radius 1 is 1.12 bits per heavy atom. The minimum absolute atomic E-state index is 0. The lowest BCUT2D eigenvalue weighted by Gasteiger charge is -2.27. The number of nitrogens with one attached hydrogen (secondary N) is 2. The van der Waals surface area contributed by atoms with Crippen LogP contribution in [0.3, 0.4) is 0 Å². The van der Waals surface area contributed by atoms with Gasteiger partial charge < -0.3 is 15.4 Å². The van der Waals surface area contributed by atoms with Gasteiger partial charge in [-0.2, -0.15) is 0 Å². The van der Waals surface area contributed by atoms with Gasteiger partial charge in [-0.3, -0.25) is 9.89 Å². The Balaban J connectivity index is 0.00000312. The van der Waals surface area contributed by atoms with Crippen LogP contribution in [-0.4, -0.2) is 50.8 Å². The van der Waals surface area contributed by atoms with Gasteiger partial charge in [0, 0.05) is 33.3 Å². The molecular weight excluding hydrogens is 427 g/mol. The maximum absolute atomic E-state index is 5.34. The molecule has 1 fully saturated rings. The minimum atomic E-state index is 0. The summed E-state index contributed by atoms with van der Waals surface area (Å²) in [6.45, 7) is 8.51. The van der Waals surface area contributed by atoms with E-state index < -0.39 is 0 Å². The smallest absolute Gasteiger partial charge is 0.191 e. The number of hydrogen-bond donors (Lipinski definition) is 2. The quantitative estimate of drug-likeness (QED) is 0.271. The van der Waals surface area contributed by atoms with Crippen LogP contribution in [-0.2, 0) is 17.8 Å². The molecule has 5 nitrogen and oxygen atoms in total. The maximum Gasteiger partial charge on any atom is 0.191 e. The van der Waals surface area contributed by atoms with Gasteiger partial charge in [-0.1, -0.05) is 30.7 Å². The molecule has 0 aliphatic carbocycles. The van der Waals surface area contributed by atoms with Crippen molar-refractivity contribution >= 4 is 29.9 Å². The van der Waals surface area contributed by atoms with Crippen molar-refractivity contribution in [3.8, 4) is 0 Å². The third-order valence-electron chi connectivity index (χ3n) is 4.37. The van der Waals surface area contributed by atoms with Gasteiger partial charge in [0.15, 0.2) is 5.96 Å². The molecule has 142 valence electrons. The van der Waals surface area contributed by atoms with E-state index in [9.17, 15) is 0 Å². The summed E-state index contributed by atoms with van der Waals surface area (Å²) in [5.74, 6) is 0.822. The maximum atomic E-state index is 5.34. The van der Waals surface area contributed by atoms with Crippen molar-refractivity contribution in [2.24, 2.45) is 4.99 Å². The van der Waals surface area contributed by atoms with Crippen molar-refractivity contribution in [3.05, 3.63) is 35.4 Å². The van der Waals surface area contributed by atoms with E-state index in [4.69, 9.17) is 4.74 Å². The second-order valence-corrected chi connectivity index (χ2v) is 6.15. The van der Waals surface area contributed by atoms with Gasteiger partial charge in [0.05, 0.1) is 6.61 Å². The monoisotopic (exact) mass is 460 g/mol. The molecule has 0 radical (unpaired) electrons. The van der Waals surface area contributed by atoms with Gasteiger partial charge in [-0.05, 0) is 44.0 Å². The highest BCUT2D eigenvalue weighted by Crippen LogP contribution is 2.16. The summed E-state index contributed by atoms with van der Waals surface area (Å²) in [7, 11) is 1.80. The van der Waals surface area contributed by atoms with Gasteiger partial charge in [0.1, 0.15) is 0 Å². The number of ether oxygens (including phenoxy) is 1. The standard InChI is InChI=1S/C19H32N4O.HI/c1-3-24-14-11-21-19(20-2)22-15-17-9-5-6-10-18(17)16-23-12-7-4-8-13-23;/h5-6,9-10H,3-4,7-8,11-16H2,1-2H3,(H2,20,21,22);1H. The number of piperidine rings is 1. The third-order valence-corrected chi connectivity index (χ3v) is 4.37. The molecule has 0 spiro atoms. The summed E-state index contributed by atoms with van der Waals surface area (Å²) < 4.78 is 5.34. The zero-order valence-corrected chi connectivity index (χ0v) is 17.9. The van der Waals surface area contributed by atoms with Crippen LogP contribution in [0.15, 0.2) is 29.3 Å². The molecule has 0 amide bonds. The van der Waals surface area contributed by atoms with Crippen molar-refractivity contribution < 1.29 is 4.74 Å². The van der Waals surface area contributed by atoms with E-state index in [1.165, 1.54) is 43.5 Å². The molecule has 0 saturated carbocycles. The lowest BCUT2D eigenvalue weighted by molar-refractivity contribution is 0.152. The van der Waals surface area contributed by atoms with Gasteiger partial charge in [-0.15, -0.1) is 24.0 Å². The zero-order valence-electron chi connectivity index (χ0n) is 15.6. The van der Waals surface area contributed by atoms with E-state index in [1.54, 1.807) is 7.05 Å². The minimum Gasteiger partial charge on any atom is -0.380 e. The summed E-state index contributed by atoms with van der Waals surface area (Å²) in [6.07, 6.45) is 4.04. The highest BCUT2D eigenvalue weighted by molar-refractivity contribution is 14.0. The fourth-order valence-corrected chi connectivity index (χ4v) is 3.03. The topological polar surface area (TPSA) is 48.9 Å². The molecule has 1 saturated heterocycles. The lowest BCUT2D eigenvalue weighted by Crippen LogP contribution is -2.38. The van der Waals surface area contributed by atoms with Crippen LogP contribution >= 0.6 is 24.0 Å². The number of guanidine groups is 1. The molecule has 1 aliphatic heterocycles. The SMILES string of the molecule is CCOCCNC(=NC)NCc1ccccc1CN1CCCCC1.I. The Hall–Kier alpha value is -0.860. The van der Waals surface area contributed by atoms with Gasteiger partial charge in [0.25, 0.3) is 0 Å². The largest absolute Gasteiger partial charge is 0.380 e. The second-order valence-electron chi connectivity index (χ2n) is 6.15. The Kier molecular flexibility index (Phi) is 11.9. The molecule has 0 bridgehead atoms. The Labute approximate surface area is 169 Å². The van der Waals surface area contributed by atoms with Crippen molar-refractivity contribution in [1.29, 1.82) is 0 Å². The van der Waals surface area contributed by atoms with E-state index in [2.05, 4.69) is 44.8 Å². The molecule has 0 aromatic heterocycles. The van der Waals surface area contributed by atoms with Crippen molar-refractivity contribution in [1.82, 2.24) is 15.5 Å². The van der Waals surface area contributed by atoms with Crippen LogP contribution in [0.1, 0.15) is 37.3 Å². The Bertz CT molecular complexity index is 504. The highest BCUT2D eigenvalue weighted by Gasteiger charge is 2.12. The molecule has 6 heteroatoms.